The van der Waals surface area contributed by atoms with Crippen LogP contribution in [-0.2, 0) is 16.6 Å². The molecule has 5 heteroatoms. The Hall–Kier alpha value is -1.85. The van der Waals surface area contributed by atoms with Gasteiger partial charge in [0, 0.05) is 6.54 Å². The van der Waals surface area contributed by atoms with Gasteiger partial charge in [0.1, 0.15) is 5.75 Å². The Morgan fingerprint density at radius 2 is 1.80 bits per heavy atom. The zero-order valence-corrected chi connectivity index (χ0v) is 12.3. The van der Waals surface area contributed by atoms with Crippen molar-refractivity contribution in [2.45, 2.75) is 18.4 Å². The molecule has 0 saturated carbocycles. The van der Waals surface area contributed by atoms with Crippen LogP contribution in [0.2, 0.25) is 0 Å². The van der Waals surface area contributed by atoms with Gasteiger partial charge in [0.25, 0.3) is 0 Å². The van der Waals surface area contributed by atoms with Gasteiger partial charge in [0.15, 0.2) is 0 Å². The first kappa shape index (κ1) is 14.6. The van der Waals surface area contributed by atoms with Crippen LogP contribution in [0.25, 0.3) is 0 Å². The highest BCUT2D eigenvalue weighted by molar-refractivity contribution is 7.89. The van der Waals surface area contributed by atoms with Crippen molar-refractivity contribution in [3.05, 3.63) is 59.7 Å². The van der Waals surface area contributed by atoms with E-state index in [1.807, 2.05) is 37.3 Å². The van der Waals surface area contributed by atoms with Crippen LogP contribution in [0.1, 0.15) is 11.1 Å². The van der Waals surface area contributed by atoms with Gasteiger partial charge in [-0.1, -0.05) is 30.3 Å². The summed E-state index contributed by atoms with van der Waals surface area (Å²) in [5, 5.41) is 0. The SMILES string of the molecule is COc1ccc(S(=O)(=O)NCc2ccccc2)cc1C. The molecule has 0 atom stereocenters. The lowest BCUT2D eigenvalue weighted by Crippen LogP contribution is -2.23. The summed E-state index contributed by atoms with van der Waals surface area (Å²) in [5.41, 5.74) is 1.70. The average Bonchev–Trinajstić information content (AvgIpc) is 2.46. The van der Waals surface area contributed by atoms with Crippen LogP contribution in [-0.4, -0.2) is 15.5 Å². The van der Waals surface area contributed by atoms with Crippen molar-refractivity contribution in [3.8, 4) is 5.75 Å². The third-order valence-corrected chi connectivity index (χ3v) is 4.38. The van der Waals surface area contributed by atoms with Crippen LogP contribution in [0.5, 0.6) is 5.75 Å². The van der Waals surface area contributed by atoms with E-state index < -0.39 is 10.0 Å². The molecule has 0 aliphatic carbocycles. The summed E-state index contributed by atoms with van der Waals surface area (Å²) in [6, 6.07) is 14.2. The van der Waals surface area contributed by atoms with Gasteiger partial charge in [-0.3, -0.25) is 0 Å². The number of rotatable bonds is 5. The number of nitrogens with one attached hydrogen (secondary N) is 1. The largest absolute Gasteiger partial charge is 0.496 e. The van der Waals surface area contributed by atoms with Crippen LogP contribution in [0, 0.1) is 6.92 Å². The van der Waals surface area contributed by atoms with Gasteiger partial charge in [-0.2, -0.15) is 0 Å². The standard InChI is InChI=1S/C15H17NO3S/c1-12-10-14(8-9-15(12)19-2)20(17,18)16-11-13-6-4-3-5-7-13/h3-10,16H,11H2,1-2H3. The van der Waals surface area contributed by atoms with Crippen molar-refractivity contribution in [2.24, 2.45) is 0 Å². The Balaban J connectivity index is 2.16. The molecule has 0 aliphatic rings. The lowest BCUT2D eigenvalue weighted by Gasteiger charge is -2.09. The highest BCUT2D eigenvalue weighted by atomic mass is 32.2. The third kappa shape index (κ3) is 3.37. The first-order chi connectivity index (χ1) is 9.53. The normalized spacial score (nSPS) is 11.3. The lowest BCUT2D eigenvalue weighted by molar-refractivity contribution is 0.411. The first-order valence-corrected chi connectivity index (χ1v) is 7.69. The van der Waals surface area contributed by atoms with Gasteiger partial charge in [-0.25, -0.2) is 13.1 Å². The van der Waals surface area contributed by atoms with E-state index in [4.69, 9.17) is 4.74 Å². The van der Waals surface area contributed by atoms with E-state index in [0.29, 0.717) is 5.75 Å². The Bertz CT molecular complexity index is 682. The molecule has 1 N–H and O–H groups in total. The van der Waals surface area contributed by atoms with Gasteiger partial charge in [0.2, 0.25) is 10.0 Å². The smallest absolute Gasteiger partial charge is 0.240 e. The van der Waals surface area contributed by atoms with Gasteiger partial charge >= 0.3 is 0 Å². The number of methoxy groups -OCH3 is 1. The van der Waals surface area contributed by atoms with Crippen LogP contribution in [0.15, 0.2) is 53.4 Å². The quantitative estimate of drug-likeness (QED) is 0.920. The van der Waals surface area contributed by atoms with Crippen molar-refractivity contribution in [3.63, 3.8) is 0 Å². The summed E-state index contributed by atoms with van der Waals surface area (Å²) >= 11 is 0. The van der Waals surface area contributed by atoms with Crippen molar-refractivity contribution >= 4 is 10.0 Å². The molecule has 4 nitrogen and oxygen atoms in total. The van der Waals surface area contributed by atoms with E-state index >= 15 is 0 Å². The van der Waals surface area contributed by atoms with E-state index in [1.54, 1.807) is 25.3 Å². The number of sulfonamides is 1. The number of benzene rings is 2. The maximum Gasteiger partial charge on any atom is 0.240 e. The van der Waals surface area contributed by atoms with E-state index in [-0.39, 0.29) is 11.4 Å². The predicted octanol–water partition coefficient (Wildman–Crippen LogP) is 2.48. The molecule has 0 radical (unpaired) electrons. The number of hydrogen-bond acceptors (Lipinski definition) is 3. The highest BCUT2D eigenvalue weighted by Gasteiger charge is 2.14. The lowest BCUT2D eigenvalue weighted by atomic mass is 10.2. The molecule has 0 amide bonds. The molecule has 2 rings (SSSR count). The topological polar surface area (TPSA) is 55.4 Å². The summed E-state index contributed by atoms with van der Waals surface area (Å²) < 4.78 is 32.1. The highest BCUT2D eigenvalue weighted by Crippen LogP contribution is 2.21. The van der Waals surface area contributed by atoms with Crippen molar-refractivity contribution in [1.82, 2.24) is 4.72 Å². The third-order valence-electron chi connectivity index (χ3n) is 2.99. The summed E-state index contributed by atoms with van der Waals surface area (Å²) in [6.45, 7) is 2.09. The number of hydrogen-bond donors (Lipinski definition) is 1. The zero-order chi connectivity index (χ0) is 14.6. The van der Waals surface area contributed by atoms with Gasteiger partial charge in [0.05, 0.1) is 12.0 Å². The van der Waals surface area contributed by atoms with Crippen molar-refractivity contribution < 1.29 is 13.2 Å². The maximum atomic E-state index is 12.2. The van der Waals surface area contributed by atoms with Crippen molar-refractivity contribution in [2.75, 3.05) is 7.11 Å². The van der Waals surface area contributed by atoms with E-state index in [1.165, 1.54) is 0 Å². The molecule has 106 valence electrons. The van der Waals surface area contributed by atoms with Crippen LogP contribution >= 0.6 is 0 Å². The number of ether oxygens (including phenoxy) is 1. The molecule has 0 saturated heterocycles. The Morgan fingerprint density at radius 3 is 2.40 bits per heavy atom. The minimum Gasteiger partial charge on any atom is -0.496 e. The predicted molar refractivity (Wildman–Crippen MR) is 78.2 cm³/mol. The van der Waals surface area contributed by atoms with Crippen molar-refractivity contribution in [1.29, 1.82) is 0 Å². The molecule has 20 heavy (non-hydrogen) atoms. The second kappa shape index (κ2) is 6.07. The number of aryl methyl sites for hydroxylation is 1. The average molecular weight is 291 g/mol. The summed E-state index contributed by atoms with van der Waals surface area (Å²) in [6.07, 6.45) is 0. The second-order valence-corrected chi connectivity index (χ2v) is 6.21. The molecule has 2 aromatic rings. The molecule has 0 fully saturated rings. The second-order valence-electron chi connectivity index (χ2n) is 4.44. The summed E-state index contributed by atoms with van der Waals surface area (Å²) in [4.78, 5) is 0.242. The molecule has 0 aromatic heterocycles. The minimum atomic E-state index is -3.51. The molecule has 0 aliphatic heterocycles. The van der Waals surface area contributed by atoms with E-state index in [0.717, 1.165) is 11.1 Å². The first-order valence-electron chi connectivity index (χ1n) is 6.21. The van der Waals surface area contributed by atoms with Crippen LogP contribution in [0.4, 0.5) is 0 Å². The Labute approximate surface area is 119 Å². The summed E-state index contributed by atoms with van der Waals surface area (Å²) in [5.74, 6) is 0.673. The fourth-order valence-electron chi connectivity index (χ4n) is 1.88. The molecule has 0 spiro atoms. The van der Waals surface area contributed by atoms with Gasteiger partial charge < -0.3 is 4.74 Å². The fraction of sp³-hybridized carbons (Fsp3) is 0.200. The monoisotopic (exact) mass is 291 g/mol. The summed E-state index contributed by atoms with van der Waals surface area (Å²) in [7, 11) is -1.95. The van der Waals surface area contributed by atoms with Gasteiger partial charge in [-0.05, 0) is 36.2 Å². The van der Waals surface area contributed by atoms with Crippen LogP contribution in [0.3, 0.4) is 0 Å². The molecular formula is C15H17NO3S. The Morgan fingerprint density at radius 1 is 1.10 bits per heavy atom. The molecule has 0 bridgehead atoms. The fourth-order valence-corrected chi connectivity index (χ4v) is 2.98. The van der Waals surface area contributed by atoms with E-state index in [2.05, 4.69) is 4.72 Å². The zero-order valence-electron chi connectivity index (χ0n) is 11.5. The maximum absolute atomic E-state index is 12.2. The molecule has 2 aromatic carbocycles. The Kier molecular flexibility index (Phi) is 4.42. The van der Waals surface area contributed by atoms with Crippen LogP contribution < -0.4 is 9.46 Å². The molecule has 0 heterocycles. The van der Waals surface area contributed by atoms with Gasteiger partial charge in [-0.15, -0.1) is 0 Å². The molecular weight excluding hydrogens is 274 g/mol. The van der Waals surface area contributed by atoms with E-state index in [9.17, 15) is 8.42 Å². The molecule has 0 unspecified atom stereocenters. The minimum absolute atomic E-state index is 0.242.